The van der Waals surface area contributed by atoms with Gasteiger partial charge in [-0.15, -0.1) is 11.3 Å². The average Bonchev–Trinajstić information content (AvgIpc) is 3.29. The van der Waals surface area contributed by atoms with Crippen molar-refractivity contribution in [1.82, 2.24) is 10.2 Å². The normalized spacial score (nSPS) is 11.7. The van der Waals surface area contributed by atoms with Crippen LogP contribution in [0.15, 0.2) is 66.0 Å². The minimum Gasteiger partial charge on any atom is -0.497 e. The Balaban J connectivity index is 1.61. The number of methoxy groups -OCH3 is 1. The van der Waals surface area contributed by atoms with Gasteiger partial charge in [0.1, 0.15) is 5.75 Å². The number of ether oxygens (including phenoxy) is 1. The number of carbonyl (C=O) groups is 2. The number of amides is 2. The molecule has 0 aliphatic rings. The lowest BCUT2D eigenvalue weighted by molar-refractivity contribution is 0.0941. The Morgan fingerprint density at radius 3 is 2.43 bits per heavy atom. The first-order chi connectivity index (χ1) is 14.5. The lowest BCUT2D eigenvalue weighted by atomic mass is 10.1. The predicted molar refractivity (Wildman–Crippen MR) is 120 cm³/mol. The number of hydrogen-bond acceptors (Lipinski definition) is 5. The van der Waals surface area contributed by atoms with Gasteiger partial charge in [0.15, 0.2) is 0 Å². The van der Waals surface area contributed by atoms with Gasteiger partial charge in [-0.3, -0.25) is 9.59 Å². The van der Waals surface area contributed by atoms with Crippen molar-refractivity contribution in [3.63, 3.8) is 0 Å². The standard InChI is InChI=1S/C23H25N3O3S/c1-26(2)20(17-6-4-7-19(14-17)29-3)15-24-22(27)16-9-11-18(12-10-16)25-23(28)21-8-5-13-30-21/h4-14,20H,15H2,1-3H3,(H,24,27)(H,25,28). The zero-order valence-corrected chi connectivity index (χ0v) is 18.0. The average molecular weight is 424 g/mol. The molecule has 2 N–H and O–H groups in total. The van der Waals surface area contributed by atoms with Crippen LogP contribution in [0.3, 0.4) is 0 Å². The highest BCUT2D eigenvalue weighted by molar-refractivity contribution is 7.12. The molecule has 1 aromatic heterocycles. The van der Waals surface area contributed by atoms with Crippen LogP contribution >= 0.6 is 11.3 Å². The van der Waals surface area contributed by atoms with E-state index < -0.39 is 0 Å². The summed E-state index contributed by atoms with van der Waals surface area (Å²) in [5.74, 6) is 0.459. The first-order valence-electron chi connectivity index (χ1n) is 9.51. The molecule has 1 heterocycles. The number of rotatable bonds is 8. The van der Waals surface area contributed by atoms with Crippen LogP contribution < -0.4 is 15.4 Å². The quantitative estimate of drug-likeness (QED) is 0.574. The fourth-order valence-electron chi connectivity index (χ4n) is 3.04. The third-order valence-corrected chi connectivity index (χ3v) is 5.58. The smallest absolute Gasteiger partial charge is 0.265 e. The molecule has 156 valence electrons. The van der Waals surface area contributed by atoms with Gasteiger partial charge in [-0.25, -0.2) is 0 Å². The van der Waals surface area contributed by atoms with E-state index in [0.29, 0.717) is 22.7 Å². The number of nitrogens with zero attached hydrogens (tertiary/aromatic N) is 1. The summed E-state index contributed by atoms with van der Waals surface area (Å²) in [6.07, 6.45) is 0. The van der Waals surface area contributed by atoms with Gasteiger partial charge in [0.25, 0.3) is 11.8 Å². The largest absolute Gasteiger partial charge is 0.497 e. The molecule has 1 unspecified atom stereocenters. The fraction of sp³-hybridized carbons (Fsp3) is 0.217. The molecule has 0 aliphatic carbocycles. The molecule has 2 aromatic carbocycles. The van der Waals surface area contributed by atoms with Crippen LogP contribution in [0.25, 0.3) is 0 Å². The van der Waals surface area contributed by atoms with E-state index in [1.54, 1.807) is 37.4 Å². The lowest BCUT2D eigenvalue weighted by Gasteiger charge is -2.25. The molecule has 30 heavy (non-hydrogen) atoms. The number of anilines is 1. The minimum absolute atomic E-state index is 0.00778. The van der Waals surface area contributed by atoms with Gasteiger partial charge in [-0.05, 0) is 67.5 Å². The van der Waals surface area contributed by atoms with Crippen LogP contribution in [0, 0.1) is 0 Å². The highest BCUT2D eigenvalue weighted by Gasteiger charge is 2.17. The maximum Gasteiger partial charge on any atom is 0.265 e. The molecule has 6 nitrogen and oxygen atoms in total. The second kappa shape index (κ2) is 10.0. The number of hydrogen-bond donors (Lipinski definition) is 2. The molecular formula is C23H25N3O3S. The molecule has 0 aliphatic heterocycles. The second-order valence-corrected chi connectivity index (χ2v) is 7.92. The Bertz CT molecular complexity index is 985. The molecule has 2 amide bonds. The maximum atomic E-state index is 12.6. The van der Waals surface area contributed by atoms with Crippen molar-refractivity contribution < 1.29 is 14.3 Å². The molecule has 3 rings (SSSR count). The first kappa shape index (κ1) is 21.5. The summed E-state index contributed by atoms with van der Waals surface area (Å²) in [7, 11) is 5.58. The Morgan fingerprint density at radius 2 is 1.80 bits per heavy atom. The van der Waals surface area contributed by atoms with Gasteiger partial charge < -0.3 is 20.3 Å². The highest BCUT2D eigenvalue weighted by Crippen LogP contribution is 2.22. The summed E-state index contributed by atoms with van der Waals surface area (Å²) >= 11 is 1.38. The van der Waals surface area contributed by atoms with Crippen LogP contribution in [0.4, 0.5) is 5.69 Å². The van der Waals surface area contributed by atoms with Crippen LogP contribution in [-0.4, -0.2) is 44.5 Å². The molecule has 0 radical (unpaired) electrons. The Labute approximate surface area is 180 Å². The van der Waals surface area contributed by atoms with Crippen molar-refractivity contribution in [2.45, 2.75) is 6.04 Å². The van der Waals surface area contributed by atoms with E-state index in [9.17, 15) is 9.59 Å². The van der Waals surface area contributed by atoms with Crippen molar-refractivity contribution in [3.8, 4) is 5.75 Å². The van der Waals surface area contributed by atoms with E-state index in [1.807, 2.05) is 49.8 Å². The van der Waals surface area contributed by atoms with E-state index in [0.717, 1.165) is 11.3 Å². The summed E-state index contributed by atoms with van der Waals surface area (Å²) in [6, 6.07) is 18.3. The van der Waals surface area contributed by atoms with Crippen molar-refractivity contribution in [2.24, 2.45) is 0 Å². The van der Waals surface area contributed by atoms with Crippen molar-refractivity contribution in [3.05, 3.63) is 82.0 Å². The highest BCUT2D eigenvalue weighted by atomic mass is 32.1. The minimum atomic E-state index is -0.166. The molecular weight excluding hydrogens is 398 g/mol. The van der Waals surface area contributed by atoms with E-state index in [4.69, 9.17) is 4.74 Å². The third kappa shape index (κ3) is 5.46. The van der Waals surface area contributed by atoms with E-state index in [2.05, 4.69) is 15.5 Å². The van der Waals surface area contributed by atoms with Gasteiger partial charge in [0.05, 0.1) is 18.0 Å². The van der Waals surface area contributed by atoms with E-state index in [1.165, 1.54) is 11.3 Å². The molecule has 0 bridgehead atoms. The number of carbonyl (C=O) groups excluding carboxylic acids is 2. The van der Waals surface area contributed by atoms with Crippen LogP contribution in [-0.2, 0) is 0 Å². The number of nitrogens with one attached hydrogen (secondary N) is 2. The number of likely N-dealkylation sites (N-methyl/N-ethyl adjacent to an activating group) is 1. The fourth-order valence-corrected chi connectivity index (χ4v) is 3.66. The van der Waals surface area contributed by atoms with Crippen molar-refractivity contribution in [1.29, 1.82) is 0 Å². The zero-order chi connectivity index (χ0) is 21.5. The maximum absolute atomic E-state index is 12.6. The van der Waals surface area contributed by atoms with Crippen LogP contribution in [0.2, 0.25) is 0 Å². The van der Waals surface area contributed by atoms with Crippen molar-refractivity contribution in [2.75, 3.05) is 33.1 Å². The number of thiophene rings is 1. The van der Waals surface area contributed by atoms with Gasteiger partial charge >= 0.3 is 0 Å². The SMILES string of the molecule is COc1cccc(C(CNC(=O)c2ccc(NC(=O)c3cccs3)cc2)N(C)C)c1. The summed E-state index contributed by atoms with van der Waals surface area (Å²) in [5, 5.41) is 7.68. The summed E-state index contributed by atoms with van der Waals surface area (Å²) in [5.41, 5.74) is 2.24. The van der Waals surface area contributed by atoms with Crippen molar-refractivity contribution >= 4 is 28.8 Å². The summed E-state index contributed by atoms with van der Waals surface area (Å²) in [6.45, 7) is 0.454. The zero-order valence-electron chi connectivity index (χ0n) is 17.2. The first-order valence-corrected chi connectivity index (χ1v) is 10.4. The van der Waals surface area contributed by atoms with Gasteiger partial charge in [0.2, 0.25) is 0 Å². The monoisotopic (exact) mass is 423 g/mol. The van der Waals surface area contributed by atoms with Crippen LogP contribution in [0.5, 0.6) is 5.75 Å². The van der Waals surface area contributed by atoms with E-state index >= 15 is 0 Å². The second-order valence-electron chi connectivity index (χ2n) is 6.97. The molecule has 1 atom stereocenters. The lowest BCUT2D eigenvalue weighted by Crippen LogP contribution is -2.34. The van der Waals surface area contributed by atoms with Gasteiger partial charge in [0, 0.05) is 17.8 Å². The Kier molecular flexibility index (Phi) is 7.21. The number of benzene rings is 2. The molecule has 0 saturated heterocycles. The predicted octanol–water partition coefficient (Wildman–Crippen LogP) is 4.04. The van der Waals surface area contributed by atoms with Gasteiger partial charge in [-0.2, -0.15) is 0 Å². The molecule has 0 fully saturated rings. The molecule has 0 spiro atoms. The topological polar surface area (TPSA) is 70.7 Å². The summed E-state index contributed by atoms with van der Waals surface area (Å²) in [4.78, 5) is 27.4. The third-order valence-electron chi connectivity index (χ3n) is 4.71. The Morgan fingerprint density at radius 1 is 1.03 bits per heavy atom. The molecule has 0 saturated carbocycles. The Hall–Kier alpha value is -3.16. The molecule has 3 aromatic rings. The molecule has 7 heteroatoms. The van der Waals surface area contributed by atoms with Gasteiger partial charge in [-0.1, -0.05) is 18.2 Å². The van der Waals surface area contributed by atoms with Crippen LogP contribution in [0.1, 0.15) is 31.6 Å². The van der Waals surface area contributed by atoms with E-state index in [-0.39, 0.29) is 17.9 Å². The summed E-state index contributed by atoms with van der Waals surface area (Å²) < 4.78 is 5.31.